The van der Waals surface area contributed by atoms with Gasteiger partial charge in [0.05, 0.1) is 0 Å². The fourth-order valence-electron chi connectivity index (χ4n) is 2.16. The van der Waals surface area contributed by atoms with Crippen molar-refractivity contribution in [3.63, 3.8) is 0 Å². The van der Waals surface area contributed by atoms with Gasteiger partial charge in [0.1, 0.15) is 17.3 Å². The molecule has 4 nitrogen and oxygen atoms in total. The monoisotopic (exact) mass is 284 g/mol. The third kappa shape index (κ3) is 2.30. The van der Waals surface area contributed by atoms with Crippen LogP contribution >= 0.6 is 11.6 Å². The maximum absolute atomic E-state index is 6.11. The van der Waals surface area contributed by atoms with Crippen LogP contribution in [0.15, 0.2) is 43.0 Å². The maximum Gasteiger partial charge on any atom is 0.138 e. The van der Waals surface area contributed by atoms with E-state index in [1.165, 1.54) is 6.33 Å². The van der Waals surface area contributed by atoms with Gasteiger partial charge in [-0.2, -0.15) is 0 Å². The molecule has 0 saturated carbocycles. The second-order valence-electron chi connectivity index (χ2n) is 4.37. The van der Waals surface area contributed by atoms with E-state index >= 15 is 0 Å². The number of halogens is 1. The highest BCUT2D eigenvalue weighted by Crippen LogP contribution is 2.28. The fraction of sp³-hybridized carbons (Fsp3) is 0.133. The van der Waals surface area contributed by atoms with Crippen molar-refractivity contribution in [1.29, 1.82) is 0 Å². The van der Waals surface area contributed by atoms with Gasteiger partial charge in [-0.05, 0) is 23.9 Å². The largest absolute Gasteiger partial charge is 0.339 e. The number of hydrogen-bond acceptors (Lipinski definition) is 4. The molecule has 0 spiro atoms. The fourth-order valence-corrected chi connectivity index (χ4v) is 2.43. The molecule has 5 heteroatoms. The molecule has 0 amide bonds. The number of aromatic nitrogens is 3. The molecular formula is C15H13ClN4. The van der Waals surface area contributed by atoms with E-state index in [0.29, 0.717) is 5.15 Å². The SMILES string of the molecule is CCc1c(Cl)ncnc1Nc1cccc2ccncc12. The minimum Gasteiger partial charge on any atom is -0.339 e. The van der Waals surface area contributed by atoms with Gasteiger partial charge >= 0.3 is 0 Å². The van der Waals surface area contributed by atoms with Crippen molar-refractivity contribution in [2.75, 3.05) is 5.32 Å². The number of rotatable bonds is 3. The molecular weight excluding hydrogens is 272 g/mol. The lowest BCUT2D eigenvalue weighted by Crippen LogP contribution is -2.01. The molecule has 0 saturated heterocycles. The Morgan fingerprint density at radius 3 is 2.95 bits per heavy atom. The average Bonchev–Trinajstić information content (AvgIpc) is 2.48. The zero-order valence-corrected chi connectivity index (χ0v) is 11.7. The lowest BCUT2D eigenvalue weighted by atomic mass is 10.1. The predicted octanol–water partition coefficient (Wildman–Crippen LogP) is 3.98. The van der Waals surface area contributed by atoms with Crippen LogP contribution in [0, 0.1) is 0 Å². The quantitative estimate of drug-likeness (QED) is 0.739. The van der Waals surface area contributed by atoms with Gasteiger partial charge in [-0.1, -0.05) is 30.7 Å². The molecule has 1 aromatic carbocycles. The van der Waals surface area contributed by atoms with Crippen LogP contribution in [0.25, 0.3) is 10.8 Å². The van der Waals surface area contributed by atoms with Gasteiger partial charge in [-0.3, -0.25) is 4.98 Å². The van der Waals surface area contributed by atoms with E-state index in [1.54, 1.807) is 6.20 Å². The zero-order chi connectivity index (χ0) is 13.9. The first kappa shape index (κ1) is 12.8. The topological polar surface area (TPSA) is 50.7 Å². The van der Waals surface area contributed by atoms with Crippen LogP contribution in [0.4, 0.5) is 11.5 Å². The summed E-state index contributed by atoms with van der Waals surface area (Å²) in [6.45, 7) is 2.03. The van der Waals surface area contributed by atoms with Crippen molar-refractivity contribution < 1.29 is 0 Å². The van der Waals surface area contributed by atoms with Crippen LogP contribution in [0.2, 0.25) is 5.15 Å². The van der Waals surface area contributed by atoms with Crippen molar-refractivity contribution in [2.45, 2.75) is 13.3 Å². The van der Waals surface area contributed by atoms with E-state index < -0.39 is 0 Å². The molecule has 0 fully saturated rings. The highest BCUT2D eigenvalue weighted by atomic mass is 35.5. The molecule has 3 rings (SSSR count). The van der Waals surface area contributed by atoms with Crippen LogP contribution in [0.5, 0.6) is 0 Å². The predicted molar refractivity (Wildman–Crippen MR) is 81.4 cm³/mol. The van der Waals surface area contributed by atoms with Crippen molar-refractivity contribution in [1.82, 2.24) is 15.0 Å². The highest BCUT2D eigenvalue weighted by Gasteiger charge is 2.09. The molecule has 0 aliphatic rings. The third-order valence-electron chi connectivity index (χ3n) is 3.18. The Kier molecular flexibility index (Phi) is 3.48. The highest BCUT2D eigenvalue weighted by molar-refractivity contribution is 6.30. The minimum atomic E-state index is 0.489. The van der Waals surface area contributed by atoms with Crippen LogP contribution in [-0.4, -0.2) is 15.0 Å². The van der Waals surface area contributed by atoms with E-state index in [2.05, 4.69) is 26.3 Å². The minimum absolute atomic E-state index is 0.489. The summed E-state index contributed by atoms with van der Waals surface area (Å²) in [6, 6.07) is 8.03. The first-order chi connectivity index (χ1) is 9.79. The molecule has 0 aliphatic carbocycles. The molecule has 0 unspecified atom stereocenters. The molecule has 100 valence electrons. The van der Waals surface area contributed by atoms with Crippen LogP contribution < -0.4 is 5.32 Å². The Balaban J connectivity index is 2.08. The van der Waals surface area contributed by atoms with Gasteiger partial charge in [-0.25, -0.2) is 9.97 Å². The molecule has 0 aliphatic heterocycles. The van der Waals surface area contributed by atoms with Crippen molar-refractivity contribution >= 4 is 33.9 Å². The second kappa shape index (κ2) is 5.43. The van der Waals surface area contributed by atoms with Crippen LogP contribution in [-0.2, 0) is 6.42 Å². The summed E-state index contributed by atoms with van der Waals surface area (Å²) in [4.78, 5) is 12.5. The second-order valence-corrected chi connectivity index (χ2v) is 4.73. The van der Waals surface area contributed by atoms with Crippen molar-refractivity contribution in [3.05, 3.63) is 53.7 Å². The molecule has 2 heterocycles. The lowest BCUT2D eigenvalue weighted by Gasteiger charge is -2.12. The standard InChI is InChI=1S/C15H13ClN4/c1-2-11-14(16)18-9-19-15(11)20-13-5-3-4-10-6-7-17-8-12(10)13/h3-9H,2H2,1H3,(H,18,19,20). The third-order valence-corrected chi connectivity index (χ3v) is 3.51. The maximum atomic E-state index is 6.11. The smallest absolute Gasteiger partial charge is 0.138 e. The molecule has 0 bridgehead atoms. The lowest BCUT2D eigenvalue weighted by molar-refractivity contribution is 1.05. The summed E-state index contributed by atoms with van der Waals surface area (Å²) in [5.74, 6) is 0.740. The van der Waals surface area contributed by atoms with Crippen LogP contribution in [0.1, 0.15) is 12.5 Å². The van der Waals surface area contributed by atoms with E-state index in [-0.39, 0.29) is 0 Å². The normalized spacial score (nSPS) is 10.7. The summed E-state index contributed by atoms with van der Waals surface area (Å²) in [7, 11) is 0. The zero-order valence-electron chi connectivity index (χ0n) is 11.0. The molecule has 0 atom stereocenters. The summed E-state index contributed by atoms with van der Waals surface area (Å²) >= 11 is 6.11. The van der Waals surface area contributed by atoms with Gasteiger partial charge in [0.15, 0.2) is 0 Å². The number of nitrogens with zero attached hydrogens (tertiary/aromatic N) is 3. The Bertz CT molecular complexity index is 752. The van der Waals surface area contributed by atoms with E-state index in [4.69, 9.17) is 11.6 Å². The molecule has 2 aromatic heterocycles. The summed E-state index contributed by atoms with van der Waals surface area (Å²) in [5, 5.41) is 6.00. The average molecular weight is 285 g/mol. The van der Waals surface area contributed by atoms with Crippen molar-refractivity contribution in [2.24, 2.45) is 0 Å². The van der Waals surface area contributed by atoms with Crippen LogP contribution in [0.3, 0.4) is 0 Å². The van der Waals surface area contributed by atoms with E-state index in [1.807, 2.05) is 31.3 Å². The molecule has 3 aromatic rings. The molecule has 1 N–H and O–H groups in total. The summed E-state index contributed by atoms with van der Waals surface area (Å²) in [6.07, 6.45) is 5.86. The number of benzene rings is 1. The molecule has 20 heavy (non-hydrogen) atoms. The van der Waals surface area contributed by atoms with E-state index in [0.717, 1.165) is 34.3 Å². The van der Waals surface area contributed by atoms with Gasteiger partial charge in [0, 0.05) is 29.0 Å². The van der Waals surface area contributed by atoms with Gasteiger partial charge in [0.2, 0.25) is 0 Å². The Morgan fingerprint density at radius 1 is 1.20 bits per heavy atom. The summed E-state index contributed by atoms with van der Waals surface area (Å²) < 4.78 is 0. The number of nitrogens with one attached hydrogen (secondary N) is 1. The van der Waals surface area contributed by atoms with E-state index in [9.17, 15) is 0 Å². The Morgan fingerprint density at radius 2 is 2.10 bits per heavy atom. The van der Waals surface area contributed by atoms with Crippen molar-refractivity contribution in [3.8, 4) is 0 Å². The molecule has 0 radical (unpaired) electrons. The first-order valence-corrected chi connectivity index (χ1v) is 6.76. The Labute approximate surface area is 121 Å². The number of hydrogen-bond donors (Lipinski definition) is 1. The van der Waals surface area contributed by atoms with Gasteiger partial charge in [0.25, 0.3) is 0 Å². The Hall–Kier alpha value is -2.20. The number of pyridine rings is 1. The number of fused-ring (bicyclic) bond motifs is 1. The van der Waals surface area contributed by atoms with Gasteiger partial charge in [-0.15, -0.1) is 0 Å². The number of anilines is 2. The van der Waals surface area contributed by atoms with Gasteiger partial charge < -0.3 is 5.32 Å². The first-order valence-electron chi connectivity index (χ1n) is 6.38. The summed E-state index contributed by atoms with van der Waals surface area (Å²) in [5.41, 5.74) is 1.87.